The zero-order valence-electron chi connectivity index (χ0n) is 11.6. The molecule has 0 amide bonds. The average Bonchev–Trinajstić information content (AvgIpc) is 2.45. The van der Waals surface area contributed by atoms with Crippen LogP contribution < -0.4 is 10.6 Å². The van der Waals surface area contributed by atoms with Crippen molar-refractivity contribution < 1.29 is 9.31 Å². The van der Waals surface area contributed by atoms with Crippen LogP contribution >= 0.6 is 0 Å². The maximum Gasteiger partial charge on any atom is 0.327 e. The molecule has 2 atom stereocenters. The Morgan fingerprint density at radius 2 is 2.15 bits per heavy atom. The Labute approximate surface area is 117 Å². The van der Waals surface area contributed by atoms with Crippen LogP contribution in [0.2, 0.25) is 0 Å². The van der Waals surface area contributed by atoms with Crippen molar-refractivity contribution >= 4 is 11.4 Å². The molecule has 1 aromatic carbocycles. The van der Waals surface area contributed by atoms with Crippen molar-refractivity contribution in [3.8, 4) is 0 Å². The van der Waals surface area contributed by atoms with Gasteiger partial charge in [-0.15, -0.1) is 0 Å². The molecule has 110 valence electrons. The Hall–Kier alpha value is -1.69. The summed E-state index contributed by atoms with van der Waals surface area (Å²) in [6, 6.07) is 4.36. The van der Waals surface area contributed by atoms with Crippen LogP contribution in [0, 0.1) is 21.8 Å². The summed E-state index contributed by atoms with van der Waals surface area (Å²) < 4.78 is 13.7. The fourth-order valence-corrected chi connectivity index (χ4v) is 3.12. The minimum absolute atomic E-state index is 0.134. The van der Waals surface area contributed by atoms with E-state index in [9.17, 15) is 14.5 Å². The number of hydrogen-bond acceptors (Lipinski definition) is 4. The SMILES string of the molecule is CN(c1cccc(F)c1[N+](=O)[O-])C1CCCCC1CN. The molecule has 0 saturated heterocycles. The molecule has 2 unspecified atom stereocenters. The van der Waals surface area contributed by atoms with Crippen molar-refractivity contribution in [3.05, 3.63) is 34.1 Å². The third kappa shape index (κ3) is 2.75. The molecule has 2 rings (SSSR count). The van der Waals surface area contributed by atoms with Crippen molar-refractivity contribution in [2.24, 2.45) is 11.7 Å². The standard InChI is InChI=1S/C14H20FN3O2/c1-17(12-7-3-2-5-10(12)9-16)13-8-4-6-11(15)14(13)18(19)20/h4,6,8,10,12H,2-3,5,7,9,16H2,1H3. The molecule has 0 bridgehead atoms. The van der Waals surface area contributed by atoms with Crippen LogP contribution in [0.25, 0.3) is 0 Å². The second kappa shape index (κ2) is 6.17. The number of hydrogen-bond donors (Lipinski definition) is 1. The van der Waals surface area contributed by atoms with Gasteiger partial charge in [-0.05, 0) is 37.4 Å². The lowest BCUT2D eigenvalue weighted by Crippen LogP contribution is -2.43. The first kappa shape index (κ1) is 14.7. The first-order valence-corrected chi connectivity index (χ1v) is 6.92. The fraction of sp³-hybridized carbons (Fsp3) is 0.571. The van der Waals surface area contributed by atoms with Gasteiger partial charge < -0.3 is 10.6 Å². The summed E-state index contributed by atoms with van der Waals surface area (Å²) in [4.78, 5) is 12.3. The van der Waals surface area contributed by atoms with Crippen LogP contribution in [-0.4, -0.2) is 24.6 Å². The van der Waals surface area contributed by atoms with Gasteiger partial charge >= 0.3 is 5.69 Å². The number of anilines is 1. The van der Waals surface area contributed by atoms with Crippen molar-refractivity contribution in [3.63, 3.8) is 0 Å². The highest BCUT2D eigenvalue weighted by Gasteiger charge is 2.31. The van der Waals surface area contributed by atoms with E-state index in [0.717, 1.165) is 31.7 Å². The Kier molecular flexibility index (Phi) is 4.54. The number of nitrogens with two attached hydrogens (primary N) is 1. The van der Waals surface area contributed by atoms with Crippen LogP contribution in [0.15, 0.2) is 18.2 Å². The molecule has 1 aliphatic carbocycles. The van der Waals surface area contributed by atoms with Gasteiger partial charge in [0.1, 0.15) is 5.69 Å². The topological polar surface area (TPSA) is 72.4 Å². The van der Waals surface area contributed by atoms with E-state index in [-0.39, 0.29) is 6.04 Å². The van der Waals surface area contributed by atoms with Crippen molar-refractivity contribution in [2.45, 2.75) is 31.7 Å². The molecule has 20 heavy (non-hydrogen) atoms. The number of halogens is 1. The number of nitro benzene ring substituents is 1. The van der Waals surface area contributed by atoms with Crippen LogP contribution in [0.1, 0.15) is 25.7 Å². The number of nitro groups is 1. The van der Waals surface area contributed by atoms with Gasteiger partial charge in [-0.25, -0.2) is 0 Å². The van der Waals surface area contributed by atoms with Gasteiger partial charge in [0.25, 0.3) is 0 Å². The number of rotatable bonds is 4. The summed E-state index contributed by atoms with van der Waals surface area (Å²) in [6.07, 6.45) is 4.17. The van der Waals surface area contributed by atoms with E-state index in [0.29, 0.717) is 18.2 Å². The smallest absolute Gasteiger partial charge is 0.327 e. The second-order valence-corrected chi connectivity index (χ2v) is 5.32. The molecule has 0 radical (unpaired) electrons. The normalized spacial score (nSPS) is 22.6. The minimum atomic E-state index is -0.792. The van der Waals surface area contributed by atoms with E-state index in [1.165, 1.54) is 6.07 Å². The quantitative estimate of drug-likeness (QED) is 0.680. The van der Waals surface area contributed by atoms with Crippen LogP contribution in [0.3, 0.4) is 0 Å². The van der Waals surface area contributed by atoms with Crippen LogP contribution in [0.4, 0.5) is 15.8 Å². The molecule has 1 fully saturated rings. The van der Waals surface area contributed by atoms with Gasteiger partial charge in [0.2, 0.25) is 5.82 Å². The number of para-hydroxylation sites is 1. The molecule has 0 aliphatic heterocycles. The van der Waals surface area contributed by atoms with Gasteiger partial charge in [-0.3, -0.25) is 10.1 Å². The molecule has 0 spiro atoms. The van der Waals surface area contributed by atoms with Gasteiger partial charge in [0, 0.05) is 13.1 Å². The second-order valence-electron chi connectivity index (χ2n) is 5.32. The Morgan fingerprint density at radius 3 is 2.80 bits per heavy atom. The van der Waals surface area contributed by atoms with E-state index >= 15 is 0 Å². The predicted octanol–water partition coefficient (Wildman–Crippen LogP) is 2.69. The molecule has 0 heterocycles. The molecular weight excluding hydrogens is 261 g/mol. The zero-order chi connectivity index (χ0) is 14.7. The van der Waals surface area contributed by atoms with Gasteiger partial charge in [-0.1, -0.05) is 18.9 Å². The first-order chi connectivity index (χ1) is 9.56. The predicted molar refractivity (Wildman–Crippen MR) is 76.3 cm³/mol. The maximum absolute atomic E-state index is 13.7. The molecule has 2 N–H and O–H groups in total. The molecule has 1 aliphatic rings. The van der Waals surface area contributed by atoms with Crippen molar-refractivity contribution in [1.29, 1.82) is 0 Å². The molecule has 0 aromatic heterocycles. The highest BCUT2D eigenvalue weighted by Crippen LogP contribution is 2.36. The summed E-state index contributed by atoms with van der Waals surface area (Å²) in [5.74, 6) is -0.490. The molecule has 1 saturated carbocycles. The number of benzene rings is 1. The lowest BCUT2D eigenvalue weighted by Gasteiger charge is -2.38. The van der Waals surface area contributed by atoms with E-state index in [2.05, 4.69) is 0 Å². The van der Waals surface area contributed by atoms with E-state index in [4.69, 9.17) is 5.73 Å². The highest BCUT2D eigenvalue weighted by atomic mass is 19.1. The van der Waals surface area contributed by atoms with Gasteiger partial charge in [0.05, 0.1) is 4.92 Å². The lowest BCUT2D eigenvalue weighted by molar-refractivity contribution is -0.386. The van der Waals surface area contributed by atoms with Crippen LogP contribution in [0.5, 0.6) is 0 Å². The number of nitrogens with zero attached hydrogens (tertiary/aromatic N) is 2. The molecule has 1 aromatic rings. The zero-order valence-corrected chi connectivity index (χ0v) is 11.6. The fourth-order valence-electron chi connectivity index (χ4n) is 3.12. The third-order valence-electron chi connectivity index (χ3n) is 4.20. The maximum atomic E-state index is 13.7. The van der Waals surface area contributed by atoms with Gasteiger partial charge in [-0.2, -0.15) is 4.39 Å². The van der Waals surface area contributed by atoms with E-state index in [1.807, 2.05) is 4.90 Å². The molecular formula is C14H20FN3O2. The molecule has 5 nitrogen and oxygen atoms in total. The molecule has 6 heteroatoms. The Morgan fingerprint density at radius 1 is 1.45 bits per heavy atom. The third-order valence-corrected chi connectivity index (χ3v) is 4.20. The van der Waals surface area contributed by atoms with E-state index in [1.54, 1.807) is 13.1 Å². The largest absolute Gasteiger partial charge is 0.366 e. The van der Waals surface area contributed by atoms with Crippen molar-refractivity contribution in [2.75, 3.05) is 18.5 Å². The lowest BCUT2D eigenvalue weighted by atomic mass is 9.83. The highest BCUT2D eigenvalue weighted by molar-refractivity contribution is 5.64. The summed E-state index contributed by atoms with van der Waals surface area (Å²) in [5.41, 5.74) is 5.69. The van der Waals surface area contributed by atoms with Crippen LogP contribution in [-0.2, 0) is 0 Å². The van der Waals surface area contributed by atoms with E-state index < -0.39 is 16.4 Å². The summed E-state index contributed by atoms with van der Waals surface area (Å²) in [6.45, 7) is 0.554. The first-order valence-electron chi connectivity index (χ1n) is 6.92. The van der Waals surface area contributed by atoms with Crippen molar-refractivity contribution in [1.82, 2.24) is 0 Å². The summed E-state index contributed by atoms with van der Waals surface area (Å²) in [7, 11) is 1.79. The summed E-state index contributed by atoms with van der Waals surface area (Å²) in [5, 5.41) is 11.1. The Bertz CT molecular complexity index is 495. The monoisotopic (exact) mass is 281 g/mol. The average molecular weight is 281 g/mol. The minimum Gasteiger partial charge on any atom is -0.366 e. The Balaban J connectivity index is 2.35. The summed E-state index contributed by atoms with van der Waals surface area (Å²) >= 11 is 0. The van der Waals surface area contributed by atoms with Gasteiger partial charge in [0.15, 0.2) is 0 Å².